The van der Waals surface area contributed by atoms with E-state index in [0.29, 0.717) is 13.1 Å². The number of ether oxygens (including phenoxy) is 1. The summed E-state index contributed by atoms with van der Waals surface area (Å²) >= 11 is 0. The van der Waals surface area contributed by atoms with E-state index in [1.165, 1.54) is 12.1 Å². The molecule has 1 aromatic carbocycles. The summed E-state index contributed by atoms with van der Waals surface area (Å²) in [5.74, 6) is 0.267. The Hall–Kier alpha value is -2.97. The van der Waals surface area contributed by atoms with E-state index in [1.54, 1.807) is 12.4 Å². The van der Waals surface area contributed by atoms with Gasteiger partial charge in [0.1, 0.15) is 18.5 Å². The summed E-state index contributed by atoms with van der Waals surface area (Å²) in [6.45, 7) is 1.25. The van der Waals surface area contributed by atoms with Crippen LogP contribution in [0.4, 0.5) is 13.2 Å². The first-order chi connectivity index (χ1) is 14.4. The van der Waals surface area contributed by atoms with E-state index in [4.69, 9.17) is 4.74 Å². The minimum Gasteiger partial charge on any atom is -0.491 e. The summed E-state index contributed by atoms with van der Waals surface area (Å²) in [7, 11) is 0. The highest BCUT2D eigenvalue weighted by Gasteiger charge is 2.30. The molecule has 0 saturated carbocycles. The fourth-order valence-electron chi connectivity index (χ4n) is 2.91. The number of nitrogens with zero attached hydrogens (tertiary/aromatic N) is 3. The van der Waals surface area contributed by atoms with Crippen molar-refractivity contribution in [3.05, 3.63) is 90.0 Å². The van der Waals surface area contributed by atoms with Crippen molar-refractivity contribution in [3.8, 4) is 5.75 Å². The molecule has 1 N–H and O–H groups in total. The number of pyridine rings is 2. The molecule has 2 aromatic heterocycles. The number of aromatic nitrogens is 2. The summed E-state index contributed by atoms with van der Waals surface area (Å²) in [5, 5.41) is 10.4. The van der Waals surface area contributed by atoms with E-state index in [-0.39, 0.29) is 18.9 Å². The Bertz CT molecular complexity index is 850. The van der Waals surface area contributed by atoms with Gasteiger partial charge in [0.05, 0.1) is 17.0 Å². The maximum Gasteiger partial charge on any atom is 0.416 e. The molecule has 1 unspecified atom stereocenters. The topological polar surface area (TPSA) is 58.5 Å². The SMILES string of the molecule is OC(COc1ccc(C(F)(F)F)cc1)CN(Cc1ccccn1)Cc1ccccn1. The number of rotatable bonds is 9. The first-order valence-corrected chi connectivity index (χ1v) is 9.40. The fourth-order valence-corrected chi connectivity index (χ4v) is 2.91. The highest BCUT2D eigenvalue weighted by atomic mass is 19.4. The molecule has 8 heteroatoms. The van der Waals surface area contributed by atoms with Crippen molar-refractivity contribution in [1.82, 2.24) is 14.9 Å². The number of halogens is 3. The lowest BCUT2D eigenvalue weighted by Crippen LogP contribution is -2.35. The van der Waals surface area contributed by atoms with Crippen molar-refractivity contribution in [2.45, 2.75) is 25.4 Å². The van der Waals surface area contributed by atoms with Gasteiger partial charge in [-0.15, -0.1) is 0 Å². The van der Waals surface area contributed by atoms with E-state index >= 15 is 0 Å². The third-order valence-corrected chi connectivity index (χ3v) is 4.32. The van der Waals surface area contributed by atoms with Crippen LogP contribution in [0.15, 0.2) is 73.1 Å². The minimum atomic E-state index is -4.39. The highest BCUT2D eigenvalue weighted by molar-refractivity contribution is 5.28. The largest absolute Gasteiger partial charge is 0.491 e. The quantitative estimate of drug-likeness (QED) is 0.572. The Morgan fingerprint density at radius 2 is 1.43 bits per heavy atom. The molecular formula is C22H22F3N3O2. The van der Waals surface area contributed by atoms with Crippen LogP contribution in [-0.2, 0) is 19.3 Å². The molecule has 0 radical (unpaired) electrons. The summed E-state index contributed by atoms with van der Waals surface area (Å²) in [6.07, 6.45) is -1.83. The molecule has 0 aliphatic carbocycles. The van der Waals surface area contributed by atoms with Crippen molar-refractivity contribution in [2.24, 2.45) is 0 Å². The normalized spacial score (nSPS) is 12.7. The molecule has 158 valence electrons. The van der Waals surface area contributed by atoms with Gasteiger partial charge in [-0.05, 0) is 48.5 Å². The first kappa shape index (κ1) is 21.7. The maximum absolute atomic E-state index is 12.6. The number of aliphatic hydroxyl groups is 1. The monoisotopic (exact) mass is 417 g/mol. The molecule has 3 aromatic rings. The molecule has 0 aliphatic heterocycles. The molecule has 0 spiro atoms. The van der Waals surface area contributed by atoms with Crippen LogP contribution < -0.4 is 4.74 Å². The number of hydrogen-bond donors (Lipinski definition) is 1. The Labute approximate surface area is 172 Å². The first-order valence-electron chi connectivity index (χ1n) is 9.40. The Morgan fingerprint density at radius 1 is 0.867 bits per heavy atom. The second-order valence-corrected chi connectivity index (χ2v) is 6.80. The van der Waals surface area contributed by atoms with Crippen LogP contribution in [0.2, 0.25) is 0 Å². The molecule has 1 atom stereocenters. The molecule has 0 amide bonds. The standard InChI is InChI=1S/C22H22F3N3O2/c23-22(24,25)17-7-9-21(10-8-17)30-16-20(29)15-28(13-18-5-1-3-11-26-18)14-19-6-2-4-12-27-19/h1-12,20,29H,13-16H2. The molecule has 30 heavy (non-hydrogen) atoms. The summed E-state index contributed by atoms with van der Waals surface area (Å²) in [6, 6.07) is 15.7. The zero-order chi connectivity index (χ0) is 21.4. The molecule has 0 saturated heterocycles. The third-order valence-electron chi connectivity index (χ3n) is 4.32. The average Bonchev–Trinajstić information content (AvgIpc) is 2.73. The van der Waals surface area contributed by atoms with Gasteiger partial charge in [0.15, 0.2) is 0 Å². The van der Waals surface area contributed by atoms with Gasteiger partial charge >= 0.3 is 6.18 Å². The van der Waals surface area contributed by atoms with Crippen molar-refractivity contribution >= 4 is 0 Å². The van der Waals surface area contributed by atoms with Crippen molar-refractivity contribution in [3.63, 3.8) is 0 Å². The smallest absolute Gasteiger partial charge is 0.416 e. The maximum atomic E-state index is 12.6. The van der Waals surface area contributed by atoms with Crippen LogP contribution >= 0.6 is 0 Å². The lowest BCUT2D eigenvalue weighted by molar-refractivity contribution is -0.137. The Balaban J connectivity index is 1.58. The van der Waals surface area contributed by atoms with Gasteiger partial charge in [-0.1, -0.05) is 12.1 Å². The van der Waals surface area contributed by atoms with Crippen LogP contribution in [0, 0.1) is 0 Å². The summed E-state index contributed by atoms with van der Waals surface area (Å²) < 4.78 is 43.4. The predicted molar refractivity (Wildman–Crippen MR) is 106 cm³/mol. The molecule has 3 rings (SSSR count). The van der Waals surface area contributed by atoms with E-state index < -0.39 is 17.8 Å². The van der Waals surface area contributed by atoms with Crippen molar-refractivity contribution in [1.29, 1.82) is 0 Å². The molecule has 0 fully saturated rings. The van der Waals surface area contributed by atoms with E-state index in [2.05, 4.69) is 9.97 Å². The number of alkyl halides is 3. The van der Waals surface area contributed by atoms with Crippen molar-refractivity contribution in [2.75, 3.05) is 13.2 Å². The lowest BCUT2D eigenvalue weighted by Gasteiger charge is -2.24. The van der Waals surface area contributed by atoms with Gasteiger partial charge in [0.2, 0.25) is 0 Å². The van der Waals surface area contributed by atoms with Gasteiger partial charge in [-0.25, -0.2) is 0 Å². The molecular weight excluding hydrogens is 395 g/mol. The highest BCUT2D eigenvalue weighted by Crippen LogP contribution is 2.30. The zero-order valence-electron chi connectivity index (χ0n) is 16.2. The third kappa shape index (κ3) is 6.82. The second-order valence-electron chi connectivity index (χ2n) is 6.80. The fraction of sp³-hybridized carbons (Fsp3) is 0.273. The molecule has 2 heterocycles. The minimum absolute atomic E-state index is 0.0493. The van der Waals surface area contributed by atoms with Crippen LogP contribution in [0.25, 0.3) is 0 Å². The van der Waals surface area contributed by atoms with Gasteiger partial charge in [0, 0.05) is 32.0 Å². The second kappa shape index (κ2) is 10.2. The van der Waals surface area contributed by atoms with Gasteiger partial charge < -0.3 is 9.84 Å². The Kier molecular flexibility index (Phi) is 7.37. The van der Waals surface area contributed by atoms with E-state index in [1.807, 2.05) is 41.3 Å². The van der Waals surface area contributed by atoms with E-state index in [0.717, 1.165) is 23.5 Å². The zero-order valence-corrected chi connectivity index (χ0v) is 16.2. The number of benzene rings is 1. The van der Waals surface area contributed by atoms with Crippen molar-refractivity contribution < 1.29 is 23.0 Å². The average molecular weight is 417 g/mol. The van der Waals surface area contributed by atoms with Crippen LogP contribution in [0.3, 0.4) is 0 Å². The van der Waals surface area contributed by atoms with Crippen LogP contribution in [0.5, 0.6) is 5.75 Å². The van der Waals surface area contributed by atoms with Gasteiger partial charge in [0.25, 0.3) is 0 Å². The summed E-state index contributed by atoms with van der Waals surface area (Å²) in [5.41, 5.74) is 0.959. The summed E-state index contributed by atoms with van der Waals surface area (Å²) in [4.78, 5) is 10.6. The lowest BCUT2D eigenvalue weighted by atomic mass is 10.2. The Morgan fingerprint density at radius 3 is 1.90 bits per heavy atom. The van der Waals surface area contributed by atoms with Gasteiger partial charge in [-0.2, -0.15) is 13.2 Å². The molecule has 5 nitrogen and oxygen atoms in total. The molecule has 0 bridgehead atoms. The van der Waals surface area contributed by atoms with Crippen LogP contribution in [0.1, 0.15) is 17.0 Å². The predicted octanol–water partition coefficient (Wildman–Crippen LogP) is 3.94. The number of aliphatic hydroxyl groups excluding tert-OH is 1. The van der Waals surface area contributed by atoms with Gasteiger partial charge in [-0.3, -0.25) is 14.9 Å². The van der Waals surface area contributed by atoms with Crippen LogP contribution in [-0.4, -0.2) is 39.2 Å². The molecule has 0 aliphatic rings. The van der Waals surface area contributed by atoms with E-state index in [9.17, 15) is 18.3 Å². The number of hydrogen-bond acceptors (Lipinski definition) is 5.